The molecule has 72 valence electrons. The number of aliphatic hydroxyl groups excluding tert-OH is 1. The molecule has 1 aromatic rings. The van der Waals surface area contributed by atoms with Gasteiger partial charge in [-0.2, -0.15) is 0 Å². The molecule has 1 N–H and O–H groups in total. The van der Waals surface area contributed by atoms with Gasteiger partial charge in [0.1, 0.15) is 12.2 Å². The van der Waals surface area contributed by atoms with Crippen molar-refractivity contribution in [1.29, 1.82) is 0 Å². The third-order valence-electron chi connectivity index (χ3n) is 1.89. The van der Waals surface area contributed by atoms with Crippen LogP contribution in [0.1, 0.15) is 25.5 Å². The van der Waals surface area contributed by atoms with Crippen molar-refractivity contribution >= 4 is 0 Å². The van der Waals surface area contributed by atoms with E-state index in [0.29, 0.717) is 0 Å². The Morgan fingerprint density at radius 1 is 1.23 bits per heavy atom. The first-order valence-electron chi connectivity index (χ1n) is 4.73. The van der Waals surface area contributed by atoms with Crippen LogP contribution in [0.25, 0.3) is 0 Å². The van der Waals surface area contributed by atoms with Crippen LogP contribution in [0.3, 0.4) is 0 Å². The lowest BCUT2D eigenvalue weighted by Gasteiger charge is -1.91. The van der Waals surface area contributed by atoms with Crippen molar-refractivity contribution in [2.24, 2.45) is 0 Å². The molecule has 2 heteroatoms. The predicted molar refractivity (Wildman–Crippen MR) is 52.5 cm³/mol. The van der Waals surface area contributed by atoms with Gasteiger partial charge in [0.25, 0.3) is 0 Å². The second kappa shape index (κ2) is 5.00. The van der Waals surface area contributed by atoms with E-state index in [0.717, 1.165) is 5.56 Å². The van der Waals surface area contributed by atoms with Crippen molar-refractivity contribution in [3.63, 3.8) is 0 Å². The van der Waals surface area contributed by atoms with Crippen molar-refractivity contribution in [3.05, 3.63) is 35.9 Å². The minimum absolute atomic E-state index is 0.0393. The summed E-state index contributed by atoms with van der Waals surface area (Å²) in [6, 6.07) is 9.96. The minimum Gasteiger partial charge on any atom is -0.394 e. The summed E-state index contributed by atoms with van der Waals surface area (Å²) in [7, 11) is 0. The van der Waals surface area contributed by atoms with E-state index >= 15 is 0 Å². The summed E-state index contributed by atoms with van der Waals surface area (Å²) in [5, 5.41) is 8.71. The van der Waals surface area contributed by atoms with Gasteiger partial charge < -0.3 is 9.84 Å². The van der Waals surface area contributed by atoms with Crippen molar-refractivity contribution in [1.82, 2.24) is 0 Å². The molecule has 0 aromatic heterocycles. The van der Waals surface area contributed by atoms with E-state index in [2.05, 4.69) is 0 Å². The first-order chi connectivity index (χ1) is 6.42. The van der Waals surface area contributed by atoms with Gasteiger partial charge in [-0.15, -0.1) is 0 Å². The molecule has 2 nitrogen and oxygen atoms in total. The lowest BCUT2D eigenvalue weighted by atomic mass is 10.1. The van der Waals surface area contributed by atoms with Gasteiger partial charge in [-0.3, -0.25) is 0 Å². The van der Waals surface area contributed by atoms with E-state index in [4.69, 9.17) is 9.84 Å². The summed E-state index contributed by atoms with van der Waals surface area (Å²) in [6.45, 7) is 4.12. The number of hydrogen-bond acceptors (Lipinski definition) is 2. The van der Waals surface area contributed by atoms with Gasteiger partial charge in [0.2, 0.25) is 0 Å². The van der Waals surface area contributed by atoms with Gasteiger partial charge in [-0.25, -0.2) is 0 Å². The number of hydrogen-bond donors (Lipinski definition) is 1. The Hall–Kier alpha value is -0.860. The molecule has 1 aliphatic rings. The molecule has 13 heavy (non-hydrogen) atoms. The molecule has 0 spiro atoms. The molecule has 1 fully saturated rings. The first kappa shape index (κ1) is 10.2. The zero-order valence-corrected chi connectivity index (χ0v) is 8.10. The van der Waals surface area contributed by atoms with Crippen LogP contribution in [0.4, 0.5) is 0 Å². The number of epoxide rings is 1. The van der Waals surface area contributed by atoms with Gasteiger partial charge in [0.15, 0.2) is 0 Å². The van der Waals surface area contributed by atoms with Gasteiger partial charge in [-0.05, 0) is 5.56 Å². The first-order valence-corrected chi connectivity index (χ1v) is 4.73. The molecule has 2 unspecified atom stereocenters. The van der Waals surface area contributed by atoms with Crippen LogP contribution in [0.15, 0.2) is 30.3 Å². The average Bonchev–Trinajstić information content (AvgIpc) is 3.01. The molecule has 0 amide bonds. The van der Waals surface area contributed by atoms with Gasteiger partial charge in [0, 0.05) is 0 Å². The summed E-state index contributed by atoms with van der Waals surface area (Å²) in [4.78, 5) is 0. The maximum Gasteiger partial charge on any atom is 0.112 e. The Morgan fingerprint density at radius 3 is 2.31 bits per heavy atom. The number of aliphatic hydroxyl groups is 1. The molecule has 0 saturated carbocycles. The zero-order chi connectivity index (χ0) is 9.68. The lowest BCUT2D eigenvalue weighted by molar-refractivity contribution is 0.242. The smallest absolute Gasteiger partial charge is 0.112 e. The molecular formula is C11H16O2. The van der Waals surface area contributed by atoms with Crippen molar-refractivity contribution < 1.29 is 9.84 Å². The highest BCUT2D eigenvalue weighted by atomic mass is 16.6. The predicted octanol–water partition coefficient (Wildman–Crippen LogP) is 2.15. The Labute approximate surface area is 79.2 Å². The Bertz CT molecular complexity index is 233. The molecule has 2 rings (SSSR count). The van der Waals surface area contributed by atoms with Crippen LogP contribution in [0.5, 0.6) is 0 Å². The van der Waals surface area contributed by atoms with E-state index < -0.39 is 0 Å². The fourth-order valence-corrected chi connectivity index (χ4v) is 1.22. The zero-order valence-electron chi connectivity index (χ0n) is 8.10. The van der Waals surface area contributed by atoms with E-state index in [-0.39, 0.29) is 18.8 Å². The van der Waals surface area contributed by atoms with Crippen LogP contribution >= 0.6 is 0 Å². The highest BCUT2D eigenvalue weighted by Crippen LogP contribution is 2.37. The number of benzene rings is 1. The molecule has 1 saturated heterocycles. The normalized spacial score (nSPS) is 24.5. The second-order valence-corrected chi connectivity index (χ2v) is 2.69. The number of ether oxygens (including phenoxy) is 1. The summed E-state index contributed by atoms with van der Waals surface area (Å²) in [5.74, 6) is 0. The van der Waals surface area contributed by atoms with Crippen LogP contribution in [0, 0.1) is 0 Å². The van der Waals surface area contributed by atoms with Gasteiger partial charge in [-0.1, -0.05) is 44.2 Å². The van der Waals surface area contributed by atoms with Crippen LogP contribution in [-0.4, -0.2) is 17.8 Å². The maximum absolute atomic E-state index is 8.71. The summed E-state index contributed by atoms with van der Waals surface area (Å²) < 4.78 is 5.20. The average molecular weight is 180 g/mol. The standard InChI is InChI=1S/C9H10O2.C2H6/c10-6-8-9(11-8)7-4-2-1-3-5-7;1-2/h1-5,8-10H,6H2;1-2H3. The van der Waals surface area contributed by atoms with E-state index in [1.54, 1.807) is 0 Å². The van der Waals surface area contributed by atoms with Crippen LogP contribution in [0.2, 0.25) is 0 Å². The topological polar surface area (TPSA) is 32.8 Å². The Kier molecular flexibility index (Phi) is 3.93. The van der Waals surface area contributed by atoms with Gasteiger partial charge in [0.05, 0.1) is 6.61 Å². The molecule has 1 heterocycles. The third-order valence-corrected chi connectivity index (χ3v) is 1.89. The molecule has 1 aliphatic heterocycles. The van der Waals surface area contributed by atoms with E-state index in [1.165, 1.54) is 0 Å². The molecule has 0 radical (unpaired) electrons. The third kappa shape index (κ3) is 2.54. The molecule has 0 aliphatic carbocycles. The van der Waals surface area contributed by atoms with Crippen LogP contribution < -0.4 is 0 Å². The molecule has 1 aromatic carbocycles. The quantitative estimate of drug-likeness (QED) is 0.707. The van der Waals surface area contributed by atoms with Crippen molar-refractivity contribution in [2.75, 3.05) is 6.61 Å². The van der Waals surface area contributed by atoms with E-state index in [9.17, 15) is 0 Å². The Balaban J connectivity index is 0.000000396. The number of rotatable bonds is 2. The summed E-state index contributed by atoms with van der Waals surface area (Å²) in [5.41, 5.74) is 1.16. The molecule has 2 atom stereocenters. The fourth-order valence-electron chi connectivity index (χ4n) is 1.22. The second-order valence-electron chi connectivity index (χ2n) is 2.69. The summed E-state index contributed by atoms with van der Waals surface area (Å²) in [6.07, 6.45) is 0.179. The molecular weight excluding hydrogens is 164 g/mol. The minimum atomic E-state index is 0.0393. The summed E-state index contributed by atoms with van der Waals surface area (Å²) >= 11 is 0. The monoisotopic (exact) mass is 180 g/mol. The highest BCUT2D eigenvalue weighted by molar-refractivity contribution is 5.22. The van der Waals surface area contributed by atoms with E-state index in [1.807, 2.05) is 44.2 Å². The largest absolute Gasteiger partial charge is 0.394 e. The van der Waals surface area contributed by atoms with Crippen molar-refractivity contribution in [2.45, 2.75) is 26.1 Å². The van der Waals surface area contributed by atoms with Crippen molar-refractivity contribution in [3.8, 4) is 0 Å². The lowest BCUT2D eigenvalue weighted by Crippen LogP contribution is -1.93. The fraction of sp³-hybridized carbons (Fsp3) is 0.455. The SMILES string of the molecule is CC.OCC1OC1c1ccccc1. The highest BCUT2D eigenvalue weighted by Gasteiger charge is 2.39. The maximum atomic E-state index is 8.71. The molecule has 0 bridgehead atoms. The van der Waals surface area contributed by atoms with Gasteiger partial charge >= 0.3 is 0 Å². The van der Waals surface area contributed by atoms with Crippen LogP contribution in [-0.2, 0) is 4.74 Å². The Morgan fingerprint density at radius 2 is 1.85 bits per heavy atom.